The first-order valence-electron chi connectivity index (χ1n) is 6.27. The van der Waals surface area contributed by atoms with Crippen molar-refractivity contribution in [2.24, 2.45) is 0 Å². The second-order valence-corrected chi connectivity index (χ2v) is 6.10. The van der Waals surface area contributed by atoms with Crippen molar-refractivity contribution in [3.63, 3.8) is 0 Å². The summed E-state index contributed by atoms with van der Waals surface area (Å²) in [7, 11) is 0. The molecule has 0 spiro atoms. The first kappa shape index (κ1) is 15.7. The van der Waals surface area contributed by atoms with Gasteiger partial charge in [0.25, 0.3) is 0 Å². The van der Waals surface area contributed by atoms with Crippen molar-refractivity contribution in [1.82, 2.24) is 19.8 Å². The number of aromatic nitrogens is 4. The van der Waals surface area contributed by atoms with Crippen LogP contribution in [0.3, 0.4) is 0 Å². The Morgan fingerprint density at radius 2 is 2.09 bits per heavy atom. The summed E-state index contributed by atoms with van der Waals surface area (Å²) in [6, 6.07) is 7.98. The molecular weight excluding hydrogens is 363 g/mol. The molecule has 2 heterocycles. The summed E-state index contributed by atoms with van der Waals surface area (Å²) >= 11 is 13.1. The fourth-order valence-corrected chi connectivity index (χ4v) is 2.72. The molecule has 7 nitrogen and oxygen atoms in total. The lowest BCUT2D eigenvalue weighted by atomic mass is 10.3. The van der Waals surface area contributed by atoms with Gasteiger partial charge >= 0.3 is 11.7 Å². The predicted molar refractivity (Wildman–Crippen MR) is 85.6 cm³/mol. The molecule has 1 aromatic carbocycles. The van der Waals surface area contributed by atoms with Crippen molar-refractivity contribution in [3.05, 3.63) is 56.2 Å². The highest BCUT2D eigenvalue weighted by atomic mass is 35.5. The lowest BCUT2D eigenvalue weighted by Crippen LogP contribution is -2.28. The highest BCUT2D eigenvalue weighted by Crippen LogP contribution is 2.27. The number of rotatable bonds is 4. The predicted octanol–water partition coefficient (Wildman–Crippen LogP) is 2.40. The maximum atomic E-state index is 12.1. The first-order chi connectivity index (χ1) is 11.0. The summed E-state index contributed by atoms with van der Waals surface area (Å²) in [5.41, 5.74) is -0.540. The molecule has 0 unspecified atom stereocenters. The molecule has 23 heavy (non-hydrogen) atoms. The smallest absolute Gasteiger partial charge is 0.369 e. The van der Waals surface area contributed by atoms with E-state index in [1.54, 1.807) is 23.6 Å². The average molecular weight is 371 g/mol. The van der Waals surface area contributed by atoms with Gasteiger partial charge in [-0.05, 0) is 40.1 Å². The molecule has 0 atom stereocenters. The maximum Gasteiger partial charge on any atom is 0.369 e. The number of tetrazole rings is 1. The Morgan fingerprint density at radius 1 is 1.26 bits per heavy atom. The molecule has 118 valence electrons. The fourth-order valence-electron chi connectivity index (χ4n) is 1.73. The number of thiophene rings is 1. The minimum Gasteiger partial charge on any atom is -0.424 e. The van der Waals surface area contributed by atoms with Gasteiger partial charge in [-0.2, -0.15) is 9.36 Å². The third kappa shape index (κ3) is 3.44. The molecule has 3 aromatic rings. The van der Waals surface area contributed by atoms with Gasteiger partial charge in [0.1, 0.15) is 11.5 Å². The highest BCUT2D eigenvalue weighted by molar-refractivity contribution is 7.12. The molecule has 0 aliphatic carbocycles. The molecule has 0 bridgehead atoms. The molecular formula is C13H8Cl2N4O3S. The quantitative estimate of drug-likeness (QED) is 0.520. The van der Waals surface area contributed by atoms with E-state index in [-0.39, 0.29) is 10.8 Å². The molecule has 0 N–H and O–H groups in total. The normalized spacial score (nSPS) is 10.7. The summed E-state index contributed by atoms with van der Waals surface area (Å²) in [5, 5.41) is 10.4. The van der Waals surface area contributed by atoms with Gasteiger partial charge in [0, 0.05) is 11.1 Å². The third-order valence-electron chi connectivity index (χ3n) is 2.75. The zero-order chi connectivity index (χ0) is 16.4. The summed E-state index contributed by atoms with van der Waals surface area (Å²) in [6.45, 7) is -0.396. The Morgan fingerprint density at radius 3 is 2.83 bits per heavy atom. The van der Waals surface area contributed by atoms with Gasteiger partial charge in [-0.1, -0.05) is 23.2 Å². The van der Waals surface area contributed by atoms with Crippen LogP contribution >= 0.6 is 34.5 Å². The van der Waals surface area contributed by atoms with Crippen LogP contribution in [0.5, 0.6) is 5.75 Å². The van der Waals surface area contributed by atoms with Gasteiger partial charge in [-0.25, -0.2) is 9.59 Å². The van der Waals surface area contributed by atoms with Crippen LogP contribution in [0.25, 0.3) is 5.00 Å². The number of benzene rings is 1. The van der Waals surface area contributed by atoms with Crippen molar-refractivity contribution < 1.29 is 9.53 Å². The highest BCUT2D eigenvalue weighted by Gasteiger charge is 2.15. The Kier molecular flexibility index (Phi) is 4.46. The minimum atomic E-state index is -0.713. The third-order valence-corrected chi connectivity index (χ3v) is 4.14. The monoisotopic (exact) mass is 370 g/mol. The molecule has 0 saturated carbocycles. The van der Waals surface area contributed by atoms with Crippen LogP contribution in [0.1, 0.15) is 0 Å². The molecule has 0 saturated heterocycles. The number of hydrogen-bond acceptors (Lipinski definition) is 6. The van der Waals surface area contributed by atoms with Crippen LogP contribution in [-0.4, -0.2) is 25.8 Å². The average Bonchev–Trinajstić information content (AvgIpc) is 3.14. The summed E-state index contributed by atoms with van der Waals surface area (Å²) in [4.78, 5) is 24.1. The Balaban J connectivity index is 1.76. The number of carbonyl (C=O) groups is 1. The standard InChI is InChI=1S/C13H8Cl2N4O3S/c14-8-3-4-9(15)10(6-8)22-12(20)7-18-13(21)19(17-16-18)11-2-1-5-23-11/h1-6H,7H2. The van der Waals surface area contributed by atoms with E-state index in [0.717, 1.165) is 9.36 Å². The maximum absolute atomic E-state index is 12.1. The van der Waals surface area contributed by atoms with Gasteiger partial charge in [0.15, 0.2) is 5.75 Å². The summed E-state index contributed by atoms with van der Waals surface area (Å²) in [6.07, 6.45) is 0. The van der Waals surface area contributed by atoms with Crippen LogP contribution in [-0.2, 0) is 11.3 Å². The molecule has 2 aromatic heterocycles. The Labute approximate surface area is 143 Å². The van der Waals surface area contributed by atoms with Gasteiger partial charge in [-0.15, -0.1) is 11.3 Å². The van der Waals surface area contributed by atoms with Crippen LogP contribution in [0, 0.1) is 0 Å². The molecule has 0 aliphatic rings. The lowest BCUT2D eigenvalue weighted by Gasteiger charge is -2.05. The minimum absolute atomic E-state index is 0.114. The molecule has 10 heteroatoms. The van der Waals surface area contributed by atoms with E-state index in [0.29, 0.717) is 10.0 Å². The van der Waals surface area contributed by atoms with E-state index >= 15 is 0 Å². The van der Waals surface area contributed by atoms with E-state index in [2.05, 4.69) is 10.4 Å². The molecule has 0 amide bonds. The first-order valence-corrected chi connectivity index (χ1v) is 7.90. The number of ether oxygens (including phenoxy) is 1. The summed E-state index contributed by atoms with van der Waals surface area (Å²) < 4.78 is 7.10. The molecule has 0 radical (unpaired) electrons. The summed E-state index contributed by atoms with van der Waals surface area (Å²) in [5.74, 6) is -0.600. The van der Waals surface area contributed by atoms with Gasteiger partial charge in [0.2, 0.25) is 0 Å². The zero-order valence-electron chi connectivity index (χ0n) is 11.3. The Hall–Kier alpha value is -2.16. The van der Waals surface area contributed by atoms with E-state index in [9.17, 15) is 9.59 Å². The molecule has 3 rings (SSSR count). The second kappa shape index (κ2) is 6.53. The Bertz CT molecular complexity index is 904. The SMILES string of the molecule is O=C(Cn1nnn(-c2cccs2)c1=O)Oc1cc(Cl)ccc1Cl. The lowest BCUT2D eigenvalue weighted by molar-refractivity contribution is -0.135. The van der Waals surface area contributed by atoms with E-state index < -0.39 is 18.2 Å². The van der Waals surface area contributed by atoms with Crippen LogP contribution < -0.4 is 10.4 Å². The van der Waals surface area contributed by atoms with E-state index in [1.807, 2.05) is 0 Å². The zero-order valence-corrected chi connectivity index (χ0v) is 13.7. The second-order valence-electron chi connectivity index (χ2n) is 4.33. The number of nitrogens with zero attached hydrogens (tertiary/aromatic N) is 4. The number of halogens is 2. The van der Waals surface area contributed by atoms with E-state index in [4.69, 9.17) is 27.9 Å². The van der Waals surface area contributed by atoms with Crippen molar-refractivity contribution in [3.8, 4) is 10.8 Å². The fraction of sp³-hybridized carbons (Fsp3) is 0.0769. The van der Waals surface area contributed by atoms with Gasteiger partial charge < -0.3 is 4.74 Å². The van der Waals surface area contributed by atoms with Gasteiger partial charge in [0.05, 0.1) is 5.02 Å². The number of esters is 1. The van der Waals surface area contributed by atoms with Crippen LogP contribution in [0.15, 0.2) is 40.5 Å². The van der Waals surface area contributed by atoms with Crippen molar-refractivity contribution in [2.45, 2.75) is 6.54 Å². The molecule has 0 fully saturated rings. The van der Waals surface area contributed by atoms with Gasteiger partial charge in [-0.3, -0.25) is 0 Å². The van der Waals surface area contributed by atoms with Crippen molar-refractivity contribution in [2.75, 3.05) is 0 Å². The number of hydrogen-bond donors (Lipinski definition) is 0. The van der Waals surface area contributed by atoms with E-state index in [1.165, 1.54) is 23.5 Å². The van der Waals surface area contributed by atoms with Crippen LogP contribution in [0.2, 0.25) is 10.0 Å². The molecule has 0 aliphatic heterocycles. The van der Waals surface area contributed by atoms with Crippen molar-refractivity contribution >= 4 is 40.5 Å². The number of carbonyl (C=O) groups excluding carboxylic acids is 1. The van der Waals surface area contributed by atoms with Crippen LogP contribution in [0.4, 0.5) is 0 Å². The largest absolute Gasteiger partial charge is 0.424 e. The van der Waals surface area contributed by atoms with Crippen molar-refractivity contribution in [1.29, 1.82) is 0 Å². The topological polar surface area (TPSA) is 79.0 Å².